The molecule has 0 saturated heterocycles. The summed E-state index contributed by atoms with van der Waals surface area (Å²) in [6.07, 6.45) is -3.98. The third-order valence-corrected chi connectivity index (χ3v) is 2.41. The summed E-state index contributed by atoms with van der Waals surface area (Å²) in [5.41, 5.74) is 0.339. The number of fused-ring (bicyclic) bond motifs is 1. The summed E-state index contributed by atoms with van der Waals surface area (Å²) in [5, 5.41) is 0. The van der Waals surface area contributed by atoms with Crippen LogP contribution in [0.2, 0.25) is 0 Å². The van der Waals surface area contributed by atoms with Crippen LogP contribution < -0.4 is 0 Å². The van der Waals surface area contributed by atoms with Gasteiger partial charge in [-0.05, 0) is 18.6 Å². The highest BCUT2D eigenvalue weighted by atomic mass is 19.4. The molecule has 0 aliphatic heterocycles. The van der Waals surface area contributed by atoms with Crippen molar-refractivity contribution in [3.63, 3.8) is 0 Å². The van der Waals surface area contributed by atoms with Gasteiger partial charge in [0.25, 0.3) is 0 Å². The molecule has 0 aliphatic rings. The number of halogens is 4. The van der Waals surface area contributed by atoms with E-state index in [9.17, 15) is 17.6 Å². The largest absolute Gasteiger partial charge is 0.449 e. The molecule has 1 heterocycles. The first-order valence-corrected chi connectivity index (χ1v) is 5.16. The van der Waals surface area contributed by atoms with Crippen molar-refractivity contribution in [3.05, 3.63) is 29.8 Å². The molecule has 2 nitrogen and oxygen atoms in total. The Labute approximate surface area is 94.9 Å². The molecule has 0 radical (unpaired) electrons. The fraction of sp³-hybridized carbons (Fsp3) is 0.364. The molecule has 92 valence electrons. The highest BCUT2D eigenvalue weighted by molar-refractivity contribution is 5.76. The Morgan fingerprint density at radius 2 is 2.00 bits per heavy atom. The van der Waals surface area contributed by atoms with Gasteiger partial charge in [0.15, 0.2) is 0 Å². The number of hydrogen-bond donors (Lipinski definition) is 0. The van der Waals surface area contributed by atoms with E-state index in [2.05, 4.69) is 4.98 Å². The third kappa shape index (κ3) is 2.11. The van der Waals surface area contributed by atoms with Crippen molar-refractivity contribution in [2.24, 2.45) is 0 Å². The molecule has 6 heteroatoms. The van der Waals surface area contributed by atoms with Crippen molar-refractivity contribution in [2.45, 2.75) is 26.1 Å². The fourth-order valence-electron chi connectivity index (χ4n) is 1.77. The van der Waals surface area contributed by atoms with Crippen LogP contribution in [0, 0.1) is 5.82 Å². The second-order valence-electron chi connectivity index (χ2n) is 3.72. The molecule has 0 amide bonds. The van der Waals surface area contributed by atoms with Crippen molar-refractivity contribution in [2.75, 3.05) is 0 Å². The predicted octanol–water partition coefficient (Wildman–Crippen LogP) is 3.60. The van der Waals surface area contributed by atoms with E-state index in [4.69, 9.17) is 0 Å². The van der Waals surface area contributed by atoms with Gasteiger partial charge in [0.05, 0.1) is 11.0 Å². The maximum atomic E-state index is 12.9. The molecule has 0 aliphatic carbocycles. The molecular weight excluding hydrogens is 236 g/mol. The zero-order chi connectivity index (χ0) is 12.6. The lowest BCUT2D eigenvalue weighted by Gasteiger charge is -2.09. The molecule has 17 heavy (non-hydrogen) atoms. The summed E-state index contributed by atoms with van der Waals surface area (Å²) in [4.78, 5) is 3.46. The molecule has 0 fully saturated rings. The number of hydrogen-bond acceptors (Lipinski definition) is 1. The number of aromatic nitrogens is 2. The summed E-state index contributed by atoms with van der Waals surface area (Å²) in [6.45, 7) is 1.98. The molecule has 1 aromatic heterocycles. The SMILES string of the molecule is CCCn1c(C(F)(F)F)nc2cc(F)ccc21. The third-order valence-electron chi connectivity index (χ3n) is 2.41. The minimum atomic E-state index is -4.52. The fourth-order valence-corrected chi connectivity index (χ4v) is 1.77. The lowest BCUT2D eigenvalue weighted by atomic mass is 10.3. The number of imidazole rings is 1. The van der Waals surface area contributed by atoms with Crippen LogP contribution in [0.5, 0.6) is 0 Å². The van der Waals surface area contributed by atoms with Gasteiger partial charge in [0.1, 0.15) is 5.82 Å². The molecular formula is C11H10F4N2. The van der Waals surface area contributed by atoms with Crippen molar-refractivity contribution in [3.8, 4) is 0 Å². The van der Waals surface area contributed by atoms with E-state index in [0.29, 0.717) is 11.9 Å². The summed E-state index contributed by atoms with van der Waals surface area (Å²) in [7, 11) is 0. The van der Waals surface area contributed by atoms with Gasteiger partial charge >= 0.3 is 6.18 Å². The normalized spacial score (nSPS) is 12.3. The van der Waals surface area contributed by atoms with Gasteiger partial charge in [-0.15, -0.1) is 0 Å². The van der Waals surface area contributed by atoms with E-state index < -0.39 is 17.8 Å². The van der Waals surface area contributed by atoms with Crippen LogP contribution in [-0.2, 0) is 12.7 Å². The van der Waals surface area contributed by atoms with E-state index in [1.54, 1.807) is 6.92 Å². The Morgan fingerprint density at radius 3 is 2.59 bits per heavy atom. The quantitative estimate of drug-likeness (QED) is 0.740. The molecule has 0 saturated carbocycles. The van der Waals surface area contributed by atoms with E-state index in [1.165, 1.54) is 6.07 Å². The van der Waals surface area contributed by atoms with Gasteiger partial charge in [-0.1, -0.05) is 6.92 Å². The maximum Gasteiger partial charge on any atom is 0.449 e. The zero-order valence-corrected chi connectivity index (χ0v) is 9.05. The number of benzene rings is 1. The second kappa shape index (κ2) is 4.01. The molecule has 2 rings (SSSR count). The molecule has 0 spiro atoms. The highest BCUT2D eigenvalue weighted by Gasteiger charge is 2.37. The smallest absolute Gasteiger partial charge is 0.320 e. The first-order chi connectivity index (χ1) is 7.93. The number of rotatable bonds is 2. The van der Waals surface area contributed by atoms with Crippen LogP contribution in [0.15, 0.2) is 18.2 Å². The minimum absolute atomic E-state index is 0.0331. The summed E-state index contributed by atoms with van der Waals surface area (Å²) in [5.74, 6) is -1.56. The van der Waals surface area contributed by atoms with E-state index >= 15 is 0 Å². The van der Waals surface area contributed by atoms with Gasteiger partial charge in [-0.25, -0.2) is 9.37 Å². The van der Waals surface area contributed by atoms with E-state index in [0.717, 1.165) is 16.7 Å². The van der Waals surface area contributed by atoms with Crippen molar-refractivity contribution in [1.82, 2.24) is 9.55 Å². The van der Waals surface area contributed by atoms with Gasteiger partial charge < -0.3 is 4.57 Å². The van der Waals surface area contributed by atoms with E-state index in [1.807, 2.05) is 0 Å². The van der Waals surface area contributed by atoms with Crippen molar-refractivity contribution >= 4 is 11.0 Å². The lowest BCUT2D eigenvalue weighted by Crippen LogP contribution is -2.14. The Hall–Kier alpha value is -1.59. The first kappa shape index (κ1) is 11.9. The van der Waals surface area contributed by atoms with Crippen LogP contribution in [-0.4, -0.2) is 9.55 Å². The highest BCUT2D eigenvalue weighted by Crippen LogP contribution is 2.31. The van der Waals surface area contributed by atoms with Crippen LogP contribution >= 0.6 is 0 Å². The van der Waals surface area contributed by atoms with Gasteiger partial charge in [-0.3, -0.25) is 0 Å². The Kier molecular flexibility index (Phi) is 2.81. The summed E-state index contributed by atoms with van der Waals surface area (Å²) < 4.78 is 52.2. The monoisotopic (exact) mass is 246 g/mol. The minimum Gasteiger partial charge on any atom is -0.320 e. The maximum absolute atomic E-state index is 12.9. The molecule has 0 N–H and O–H groups in total. The van der Waals surface area contributed by atoms with Gasteiger partial charge in [0, 0.05) is 12.6 Å². The Morgan fingerprint density at radius 1 is 1.29 bits per heavy atom. The van der Waals surface area contributed by atoms with Crippen LogP contribution in [0.4, 0.5) is 17.6 Å². The lowest BCUT2D eigenvalue weighted by molar-refractivity contribution is -0.146. The molecule has 0 unspecified atom stereocenters. The topological polar surface area (TPSA) is 17.8 Å². The van der Waals surface area contributed by atoms with Gasteiger partial charge in [-0.2, -0.15) is 13.2 Å². The van der Waals surface area contributed by atoms with Crippen molar-refractivity contribution < 1.29 is 17.6 Å². The first-order valence-electron chi connectivity index (χ1n) is 5.16. The van der Waals surface area contributed by atoms with Crippen LogP contribution in [0.3, 0.4) is 0 Å². The second-order valence-corrected chi connectivity index (χ2v) is 3.72. The van der Waals surface area contributed by atoms with Crippen LogP contribution in [0.25, 0.3) is 11.0 Å². The molecule has 0 atom stereocenters. The average molecular weight is 246 g/mol. The molecule has 1 aromatic carbocycles. The number of aryl methyl sites for hydroxylation is 1. The van der Waals surface area contributed by atoms with Crippen LogP contribution in [0.1, 0.15) is 19.2 Å². The zero-order valence-electron chi connectivity index (χ0n) is 9.05. The summed E-state index contributed by atoms with van der Waals surface area (Å²) in [6, 6.07) is 3.47. The molecule has 0 bridgehead atoms. The van der Waals surface area contributed by atoms with Crippen molar-refractivity contribution in [1.29, 1.82) is 0 Å². The summed E-state index contributed by atoms with van der Waals surface area (Å²) >= 11 is 0. The predicted molar refractivity (Wildman–Crippen MR) is 55.0 cm³/mol. The number of alkyl halides is 3. The Balaban J connectivity index is 2.70. The number of nitrogens with zero attached hydrogens (tertiary/aromatic N) is 2. The van der Waals surface area contributed by atoms with E-state index in [-0.39, 0.29) is 12.1 Å². The molecule has 2 aromatic rings. The van der Waals surface area contributed by atoms with Gasteiger partial charge in [0.2, 0.25) is 5.82 Å². The standard InChI is InChI=1S/C11H10F4N2/c1-2-5-17-9-4-3-7(12)6-8(9)16-10(17)11(13,14)15/h3-4,6H,2,5H2,1H3. The average Bonchev–Trinajstić information content (AvgIpc) is 2.56. The Bertz CT molecular complexity index is 542.